The van der Waals surface area contributed by atoms with E-state index >= 15 is 0 Å². The molecule has 0 heterocycles. The molecule has 21 heavy (non-hydrogen) atoms. The highest BCUT2D eigenvalue weighted by Crippen LogP contribution is 2.26. The quantitative estimate of drug-likeness (QED) is 0.838. The molecule has 2 aromatic rings. The molecule has 2 rings (SSSR count). The number of ether oxygens (including phenoxy) is 1. The molecule has 1 unspecified atom stereocenters. The van der Waals surface area contributed by atoms with Crippen LogP contribution in [0.1, 0.15) is 17.2 Å². The van der Waals surface area contributed by atoms with Crippen LogP contribution in [-0.4, -0.2) is 13.1 Å². The number of benzene rings is 2. The summed E-state index contributed by atoms with van der Waals surface area (Å²) in [7, 11) is 1.28. The van der Waals surface area contributed by atoms with Crippen LogP contribution in [0.25, 0.3) is 0 Å². The fraction of sp³-hybridized carbons (Fsp3) is 0.188. The molecule has 110 valence electrons. The zero-order valence-corrected chi connectivity index (χ0v) is 13.3. The summed E-state index contributed by atoms with van der Waals surface area (Å²) in [6, 6.07) is 11.1. The molecule has 0 aliphatic rings. The van der Waals surface area contributed by atoms with E-state index < -0.39 is 17.8 Å². The van der Waals surface area contributed by atoms with E-state index in [1.165, 1.54) is 13.2 Å². The number of carbonyl (C=O) groups excluding carboxylic acids is 1. The monoisotopic (exact) mass is 351 g/mol. The van der Waals surface area contributed by atoms with E-state index in [0.29, 0.717) is 4.47 Å². The van der Waals surface area contributed by atoms with Crippen molar-refractivity contribution in [2.75, 3.05) is 12.4 Å². The van der Waals surface area contributed by atoms with Gasteiger partial charge in [0, 0.05) is 15.7 Å². The van der Waals surface area contributed by atoms with Crippen molar-refractivity contribution in [3.63, 3.8) is 0 Å². The lowest BCUT2D eigenvalue weighted by molar-refractivity contribution is -0.141. The predicted octanol–water partition coefficient (Wildman–Crippen LogP) is 4.22. The standard InChI is InChI=1S/C16H15BrFNO2/c1-10-4-3-5-12(8-10)19-15(16(20)21-2)13-9-11(17)6-7-14(13)18/h3-9,15,19H,1-2H3. The maximum atomic E-state index is 14.0. The fourth-order valence-corrected chi connectivity index (χ4v) is 2.40. The van der Waals surface area contributed by atoms with Gasteiger partial charge in [-0.05, 0) is 42.8 Å². The highest BCUT2D eigenvalue weighted by molar-refractivity contribution is 9.10. The predicted molar refractivity (Wildman–Crippen MR) is 83.7 cm³/mol. The minimum atomic E-state index is -0.908. The molecule has 0 bridgehead atoms. The summed E-state index contributed by atoms with van der Waals surface area (Å²) in [6.07, 6.45) is 0. The molecule has 0 aromatic heterocycles. The Morgan fingerprint density at radius 1 is 1.29 bits per heavy atom. The van der Waals surface area contributed by atoms with Crippen LogP contribution in [0.4, 0.5) is 10.1 Å². The van der Waals surface area contributed by atoms with E-state index in [1.807, 2.05) is 31.2 Å². The highest BCUT2D eigenvalue weighted by Gasteiger charge is 2.24. The number of anilines is 1. The Kier molecular flexibility index (Phi) is 4.96. The third-order valence-electron chi connectivity index (χ3n) is 3.04. The molecule has 1 atom stereocenters. The Morgan fingerprint density at radius 3 is 2.71 bits per heavy atom. The van der Waals surface area contributed by atoms with E-state index in [-0.39, 0.29) is 5.56 Å². The minimum absolute atomic E-state index is 0.234. The number of hydrogen-bond acceptors (Lipinski definition) is 3. The molecule has 2 aromatic carbocycles. The Labute approximate surface area is 131 Å². The SMILES string of the molecule is COC(=O)C(Nc1cccc(C)c1)c1cc(Br)ccc1F. The molecule has 3 nitrogen and oxygen atoms in total. The smallest absolute Gasteiger partial charge is 0.333 e. The van der Waals surface area contributed by atoms with Crippen LogP contribution in [0.15, 0.2) is 46.9 Å². The zero-order valence-electron chi connectivity index (χ0n) is 11.7. The molecule has 0 radical (unpaired) electrons. The van der Waals surface area contributed by atoms with Crippen molar-refractivity contribution in [1.82, 2.24) is 0 Å². The van der Waals surface area contributed by atoms with Gasteiger partial charge in [-0.15, -0.1) is 0 Å². The maximum absolute atomic E-state index is 14.0. The van der Waals surface area contributed by atoms with Crippen molar-refractivity contribution in [2.45, 2.75) is 13.0 Å². The lowest BCUT2D eigenvalue weighted by atomic mass is 10.1. The first-order chi connectivity index (χ1) is 10.0. The van der Waals surface area contributed by atoms with Crippen LogP contribution in [0.3, 0.4) is 0 Å². The van der Waals surface area contributed by atoms with E-state index in [9.17, 15) is 9.18 Å². The lowest BCUT2D eigenvalue weighted by Gasteiger charge is -2.19. The largest absolute Gasteiger partial charge is 0.467 e. The van der Waals surface area contributed by atoms with Crippen LogP contribution in [0.2, 0.25) is 0 Å². The Balaban J connectivity index is 2.39. The average Bonchev–Trinajstić information content (AvgIpc) is 2.47. The number of hydrogen-bond donors (Lipinski definition) is 1. The number of rotatable bonds is 4. The van der Waals surface area contributed by atoms with Crippen molar-refractivity contribution < 1.29 is 13.9 Å². The van der Waals surface area contributed by atoms with Gasteiger partial charge in [-0.25, -0.2) is 9.18 Å². The number of nitrogens with one attached hydrogen (secondary N) is 1. The van der Waals surface area contributed by atoms with Gasteiger partial charge in [0.05, 0.1) is 7.11 Å². The van der Waals surface area contributed by atoms with Gasteiger partial charge in [0.2, 0.25) is 0 Å². The molecule has 0 amide bonds. The number of esters is 1. The Hall–Kier alpha value is -1.88. The molecular weight excluding hydrogens is 337 g/mol. The van der Waals surface area contributed by atoms with Gasteiger partial charge in [-0.2, -0.15) is 0 Å². The summed E-state index contributed by atoms with van der Waals surface area (Å²) < 4.78 is 19.5. The van der Waals surface area contributed by atoms with Crippen LogP contribution < -0.4 is 5.32 Å². The number of methoxy groups -OCH3 is 1. The fourth-order valence-electron chi connectivity index (χ4n) is 2.02. The van der Waals surface area contributed by atoms with Crippen molar-refractivity contribution >= 4 is 27.6 Å². The molecule has 0 spiro atoms. The van der Waals surface area contributed by atoms with Gasteiger partial charge in [0.1, 0.15) is 5.82 Å². The summed E-state index contributed by atoms with van der Waals surface area (Å²) in [5.74, 6) is -1.01. The van der Waals surface area contributed by atoms with Gasteiger partial charge in [0.15, 0.2) is 6.04 Å². The van der Waals surface area contributed by atoms with Crippen molar-refractivity contribution in [3.05, 3.63) is 63.9 Å². The Bertz CT molecular complexity index is 660. The first kappa shape index (κ1) is 15.5. The third-order valence-corrected chi connectivity index (χ3v) is 3.53. The first-order valence-corrected chi connectivity index (χ1v) is 7.16. The minimum Gasteiger partial charge on any atom is -0.467 e. The van der Waals surface area contributed by atoms with Crippen molar-refractivity contribution in [2.24, 2.45) is 0 Å². The van der Waals surface area contributed by atoms with E-state index in [0.717, 1.165) is 11.3 Å². The van der Waals surface area contributed by atoms with Gasteiger partial charge >= 0.3 is 5.97 Å². The second-order valence-electron chi connectivity index (χ2n) is 4.64. The summed E-state index contributed by atoms with van der Waals surface area (Å²) >= 11 is 3.29. The van der Waals surface area contributed by atoms with Crippen LogP contribution in [0.5, 0.6) is 0 Å². The van der Waals surface area contributed by atoms with Crippen molar-refractivity contribution in [1.29, 1.82) is 0 Å². The molecule has 0 saturated heterocycles. The molecular formula is C16H15BrFNO2. The average molecular weight is 352 g/mol. The second-order valence-corrected chi connectivity index (χ2v) is 5.55. The normalized spacial score (nSPS) is 11.8. The van der Waals surface area contributed by atoms with E-state index in [4.69, 9.17) is 4.74 Å². The maximum Gasteiger partial charge on any atom is 0.333 e. The Morgan fingerprint density at radius 2 is 2.05 bits per heavy atom. The van der Waals surface area contributed by atoms with Crippen LogP contribution in [-0.2, 0) is 9.53 Å². The van der Waals surface area contributed by atoms with Gasteiger partial charge in [-0.3, -0.25) is 0 Å². The summed E-state index contributed by atoms with van der Waals surface area (Å²) in [5.41, 5.74) is 2.00. The second kappa shape index (κ2) is 6.72. The first-order valence-electron chi connectivity index (χ1n) is 6.37. The summed E-state index contributed by atoms with van der Waals surface area (Å²) in [6.45, 7) is 1.94. The number of carbonyl (C=O) groups is 1. The van der Waals surface area contributed by atoms with Gasteiger partial charge in [0.25, 0.3) is 0 Å². The van der Waals surface area contributed by atoms with Gasteiger partial charge in [-0.1, -0.05) is 28.1 Å². The molecule has 1 N–H and O–H groups in total. The third kappa shape index (κ3) is 3.82. The van der Waals surface area contributed by atoms with Crippen LogP contribution >= 0.6 is 15.9 Å². The highest BCUT2D eigenvalue weighted by atomic mass is 79.9. The summed E-state index contributed by atoms with van der Waals surface area (Å²) in [5, 5.41) is 3.02. The molecule has 5 heteroatoms. The molecule has 0 fully saturated rings. The molecule has 0 aliphatic heterocycles. The topological polar surface area (TPSA) is 38.3 Å². The van der Waals surface area contributed by atoms with Crippen molar-refractivity contribution in [3.8, 4) is 0 Å². The molecule has 0 saturated carbocycles. The van der Waals surface area contributed by atoms with Gasteiger partial charge < -0.3 is 10.1 Å². The number of halogens is 2. The summed E-state index contributed by atoms with van der Waals surface area (Å²) in [4.78, 5) is 12.0. The number of aryl methyl sites for hydroxylation is 1. The zero-order chi connectivity index (χ0) is 15.4. The van der Waals surface area contributed by atoms with Crippen LogP contribution in [0, 0.1) is 12.7 Å². The van der Waals surface area contributed by atoms with E-state index in [1.54, 1.807) is 12.1 Å². The molecule has 0 aliphatic carbocycles. The lowest BCUT2D eigenvalue weighted by Crippen LogP contribution is -2.23. The van der Waals surface area contributed by atoms with E-state index in [2.05, 4.69) is 21.2 Å².